The molecule has 13 nitrogen and oxygen atoms in total. The third-order valence-corrected chi connectivity index (χ3v) is 9.40. The van der Waals surface area contributed by atoms with Gasteiger partial charge < -0.3 is 25.4 Å². The van der Waals surface area contributed by atoms with Crippen LogP contribution in [-0.2, 0) is 19.2 Å². The molecule has 0 saturated carbocycles. The van der Waals surface area contributed by atoms with Gasteiger partial charge in [-0.05, 0) is 64.2 Å². The van der Waals surface area contributed by atoms with Gasteiger partial charge in [0.1, 0.15) is 22.9 Å². The summed E-state index contributed by atoms with van der Waals surface area (Å²) >= 11 is 0. The van der Waals surface area contributed by atoms with Crippen molar-refractivity contribution in [3.05, 3.63) is 88.4 Å². The molecule has 0 unspecified atom stereocenters. The second kappa shape index (κ2) is 14.6. The molecule has 0 bridgehead atoms. The zero-order valence-corrected chi connectivity index (χ0v) is 26.5. The monoisotopic (exact) mass is 671 g/mol. The normalized spacial score (nSPS) is 16.6. The Bertz CT molecular complexity index is 1620. The summed E-state index contributed by atoms with van der Waals surface area (Å²) in [4.78, 5) is 65.6. The number of benzene rings is 2. The number of carbonyl (C=O) groups excluding carboxylic acids is 3. The highest BCUT2D eigenvalue weighted by Crippen LogP contribution is 2.51. The van der Waals surface area contributed by atoms with Crippen LogP contribution in [0.4, 0.5) is 15.8 Å². The molecule has 0 aliphatic carbocycles. The van der Waals surface area contributed by atoms with Gasteiger partial charge in [0.05, 0.1) is 17.5 Å². The molecule has 46 heavy (non-hydrogen) atoms. The smallest absolute Gasteiger partial charge is 0.326 e. The van der Waals surface area contributed by atoms with Crippen molar-refractivity contribution in [3.63, 3.8) is 0 Å². The Labute approximate surface area is 270 Å². The van der Waals surface area contributed by atoms with Crippen LogP contribution in [0.1, 0.15) is 32.4 Å². The Hall–Kier alpha value is -4.70. The van der Waals surface area contributed by atoms with Gasteiger partial charge in [0, 0.05) is 18.0 Å². The van der Waals surface area contributed by atoms with Crippen molar-refractivity contribution in [1.82, 2.24) is 15.6 Å². The van der Waals surface area contributed by atoms with Crippen molar-refractivity contribution in [2.24, 2.45) is 5.41 Å². The Morgan fingerprint density at radius 2 is 1.78 bits per heavy atom. The predicted molar refractivity (Wildman–Crippen MR) is 169 cm³/mol. The van der Waals surface area contributed by atoms with Gasteiger partial charge in [-0.1, -0.05) is 43.7 Å². The van der Waals surface area contributed by atoms with Crippen LogP contribution in [-0.4, -0.2) is 63.1 Å². The fourth-order valence-corrected chi connectivity index (χ4v) is 7.09. The van der Waals surface area contributed by atoms with E-state index in [0.717, 1.165) is 21.6 Å². The Balaban J connectivity index is 1.40. The summed E-state index contributed by atoms with van der Waals surface area (Å²) in [7, 11) is 2.15. The van der Waals surface area contributed by atoms with Gasteiger partial charge in [0.2, 0.25) is 11.8 Å². The van der Waals surface area contributed by atoms with Gasteiger partial charge in [-0.3, -0.25) is 24.5 Å². The number of aromatic nitrogens is 1. The molecule has 2 aromatic carbocycles. The number of nitrogens with zero attached hydrogens (tertiary/aromatic N) is 3. The zero-order chi connectivity index (χ0) is 33.6. The summed E-state index contributed by atoms with van der Waals surface area (Å²) < 4.78 is 19.1. The van der Waals surface area contributed by atoms with E-state index in [4.69, 9.17) is 4.74 Å². The maximum atomic E-state index is 13.6. The van der Waals surface area contributed by atoms with Crippen LogP contribution in [0.2, 0.25) is 0 Å². The van der Waals surface area contributed by atoms with Crippen LogP contribution in [0.25, 0.3) is 0 Å². The summed E-state index contributed by atoms with van der Waals surface area (Å²) in [6.07, 6.45) is 1.43. The number of pyridine rings is 1. The average molecular weight is 672 g/mol. The highest BCUT2D eigenvalue weighted by molar-refractivity contribution is 8.77. The molecule has 242 valence electrons. The first-order valence-corrected chi connectivity index (χ1v) is 16.0. The van der Waals surface area contributed by atoms with Gasteiger partial charge in [0.15, 0.2) is 11.6 Å². The topological polar surface area (TPSA) is 181 Å². The third kappa shape index (κ3) is 8.31. The maximum absolute atomic E-state index is 13.6. The minimum atomic E-state index is -1.19. The largest absolute Gasteiger partial charge is 0.484 e. The molecule has 0 spiro atoms. The maximum Gasteiger partial charge on any atom is 0.326 e. The Kier molecular flexibility index (Phi) is 10.8. The lowest BCUT2D eigenvalue weighted by Gasteiger charge is -2.46. The third-order valence-electron chi connectivity index (χ3n) is 6.79. The molecule has 3 atom stereocenters. The number of nitro groups is 1. The minimum Gasteiger partial charge on any atom is -0.484 e. The second-order valence-electron chi connectivity index (χ2n) is 11.2. The number of carboxylic acid groups (broad SMARTS) is 1. The number of nitrogens with one attached hydrogen (secondary N) is 2. The number of hydrogen-bond donors (Lipinski definition) is 3. The van der Waals surface area contributed by atoms with Crippen LogP contribution in [0.3, 0.4) is 0 Å². The Morgan fingerprint density at radius 1 is 1.11 bits per heavy atom. The van der Waals surface area contributed by atoms with Crippen LogP contribution in [0.5, 0.6) is 5.75 Å². The minimum absolute atomic E-state index is 0.152. The van der Waals surface area contributed by atoms with Crippen LogP contribution in [0.15, 0.2) is 71.9 Å². The average Bonchev–Trinajstić information content (AvgIpc) is 3.01. The molecule has 3 N–H and O–H groups in total. The molecule has 1 saturated heterocycles. The summed E-state index contributed by atoms with van der Waals surface area (Å²) in [5.41, 5.74) is 0.249. The SMILES string of the molecule is CC(C)(C)[C@@H](NC(=O)CNC(=O)COc1ccc([C@@H]2[C@@H](SSc3ncccc3[N+](=O)[O-])C(=O)N2c2ccc(F)cc2)cc1)C(=O)O. The van der Waals surface area contributed by atoms with Gasteiger partial charge in [-0.15, -0.1) is 0 Å². The number of rotatable bonds is 13. The van der Waals surface area contributed by atoms with E-state index in [1.807, 2.05) is 0 Å². The molecular weight excluding hydrogens is 641 g/mol. The molecule has 3 amide bonds. The summed E-state index contributed by atoms with van der Waals surface area (Å²) in [5, 5.41) is 25.0. The first-order chi connectivity index (χ1) is 21.8. The molecule has 2 heterocycles. The molecule has 0 radical (unpaired) electrons. The van der Waals surface area contributed by atoms with Crippen LogP contribution in [0, 0.1) is 21.3 Å². The van der Waals surface area contributed by atoms with Gasteiger partial charge >= 0.3 is 11.7 Å². The first kappa shape index (κ1) is 34.2. The summed E-state index contributed by atoms with van der Waals surface area (Å²) in [6.45, 7) is 4.15. The van der Waals surface area contributed by atoms with Gasteiger partial charge in [-0.25, -0.2) is 14.2 Å². The number of ether oxygens (including phenoxy) is 1. The number of halogens is 1. The standard InChI is InChI=1S/C30H30FN5O8S2/c1-30(2,3)26(29(40)41)34-22(37)15-33-23(38)16-44-20-12-6-17(7-13-20)24-25(28(39)35(24)19-10-8-18(31)9-11-19)45-46-27-21(36(42)43)5-4-14-32-27/h4-14,24-26H,15-16H2,1-3H3,(H,33,38)(H,34,37)(H,40,41)/t24-,25-,26+/m1/s1. The van der Waals surface area contributed by atoms with Crippen molar-refractivity contribution >= 4 is 56.7 Å². The summed E-state index contributed by atoms with van der Waals surface area (Å²) in [5.74, 6) is -2.87. The fourth-order valence-electron chi connectivity index (χ4n) is 4.45. The highest BCUT2D eigenvalue weighted by Gasteiger charge is 2.50. The van der Waals surface area contributed by atoms with Crippen molar-refractivity contribution in [1.29, 1.82) is 0 Å². The van der Waals surface area contributed by atoms with Crippen molar-refractivity contribution in [3.8, 4) is 5.75 Å². The molecule has 3 aromatic rings. The molecule has 16 heteroatoms. The number of carboxylic acids is 1. The molecule has 1 aliphatic rings. The zero-order valence-electron chi connectivity index (χ0n) is 24.8. The molecule has 1 aliphatic heterocycles. The number of aliphatic carboxylic acids is 1. The molecule has 1 fully saturated rings. The number of carbonyl (C=O) groups is 4. The fraction of sp³-hybridized carbons (Fsp3) is 0.300. The Morgan fingerprint density at radius 3 is 2.39 bits per heavy atom. The van der Waals surface area contributed by atoms with E-state index < -0.39 is 64.4 Å². The first-order valence-electron chi connectivity index (χ1n) is 13.8. The van der Waals surface area contributed by atoms with E-state index in [1.165, 1.54) is 47.5 Å². The highest BCUT2D eigenvalue weighted by atomic mass is 33.1. The number of amides is 3. The van der Waals surface area contributed by atoms with Crippen molar-refractivity contribution in [2.75, 3.05) is 18.1 Å². The molecule has 4 rings (SSSR count). The van der Waals surface area contributed by atoms with Gasteiger partial charge in [0.25, 0.3) is 5.91 Å². The lowest BCUT2D eigenvalue weighted by atomic mass is 9.87. The van der Waals surface area contributed by atoms with Crippen molar-refractivity contribution in [2.45, 2.75) is 43.1 Å². The quantitative estimate of drug-likeness (QED) is 0.103. The second-order valence-corrected chi connectivity index (χ2v) is 13.5. The lowest BCUT2D eigenvalue weighted by Crippen LogP contribution is -2.57. The predicted octanol–water partition coefficient (Wildman–Crippen LogP) is 4.14. The van der Waals surface area contributed by atoms with E-state index >= 15 is 0 Å². The van der Waals surface area contributed by atoms with E-state index in [1.54, 1.807) is 45.0 Å². The number of anilines is 1. The number of hydrogen-bond acceptors (Lipinski definition) is 10. The molecule has 1 aromatic heterocycles. The van der Waals surface area contributed by atoms with Crippen LogP contribution >= 0.6 is 21.6 Å². The van der Waals surface area contributed by atoms with E-state index in [-0.39, 0.29) is 16.6 Å². The van der Waals surface area contributed by atoms with Crippen molar-refractivity contribution < 1.29 is 38.3 Å². The van der Waals surface area contributed by atoms with Gasteiger partial charge in [-0.2, -0.15) is 0 Å². The lowest BCUT2D eigenvalue weighted by molar-refractivity contribution is -0.388. The van der Waals surface area contributed by atoms with E-state index in [9.17, 15) is 38.8 Å². The van der Waals surface area contributed by atoms with Crippen LogP contribution < -0.4 is 20.3 Å². The molecular formula is C30H30FN5O8S2. The van der Waals surface area contributed by atoms with E-state index in [0.29, 0.717) is 17.0 Å². The van der Waals surface area contributed by atoms with E-state index in [2.05, 4.69) is 15.6 Å². The summed E-state index contributed by atoms with van der Waals surface area (Å²) in [6, 6.07) is 13.2. The number of β-lactam (4-membered cyclic amide) rings is 1.